The molecule has 0 saturated carbocycles. The van der Waals surface area contributed by atoms with E-state index in [9.17, 15) is 10.2 Å². The van der Waals surface area contributed by atoms with E-state index in [1.54, 1.807) is 6.20 Å². The molecule has 0 aliphatic rings. The molecule has 0 radical (unpaired) electrons. The first kappa shape index (κ1) is 14.8. The molecule has 0 amide bonds. The lowest BCUT2D eigenvalue weighted by molar-refractivity contribution is 0.108. The molecule has 4 heteroatoms. The van der Waals surface area contributed by atoms with Crippen molar-refractivity contribution < 1.29 is 10.2 Å². The molecule has 0 fully saturated rings. The minimum atomic E-state index is -0.614. The number of hydrogen-bond donors (Lipinski definition) is 2. The van der Waals surface area contributed by atoms with Gasteiger partial charge in [0.15, 0.2) is 0 Å². The van der Waals surface area contributed by atoms with Crippen LogP contribution in [0, 0.1) is 6.92 Å². The second-order valence-electron chi connectivity index (χ2n) is 5.37. The van der Waals surface area contributed by atoms with Gasteiger partial charge in [0.25, 0.3) is 0 Å². The molecular formula is C16H22N2O2. The van der Waals surface area contributed by atoms with Crippen LogP contribution in [0.3, 0.4) is 0 Å². The first-order valence-corrected chi connectivity index (χ1v) is 6.87. The van der Waals surface area contributed by atoms with Gasteiger partial charge in [0.2, 0.25) is 0 Å². The van der Waals surface area contributed by atoms with Crippen LogP contribution in [0.4, 0.5) is 0 Å². The molecule has 1 heterocycles. The van der Waals surface area contributed by atoms with Crippen LogP contribution in [0.5, 0.6) is 0 Å². The molecule has 0 bridgehead atoms. The molecule has 20 heavy (non-hydrogen) atoms. The number of benzene rings is 1. The Bertz CT molecular complexity index is 559. The van der Waals surface area contributed by atoms with Crippen molar-refractivity contribution in [1.82, 2.24) is 9.55 Å². The highest BCUT2D eigenvalue weighted by atomic mass is 16.3. The second-order valence-corrected chi connectivity index (χ2v) is 5.37. The van der Waals surface area contributed by atoms with Crippen molar-refractivity contribution in [3.05, 3.63) is 53.6 Å². The summed E-state index contributed by atoms with van der Waals surface area (Å²) in [7, 11) is 1.95. The second kappa shape index (κ2) is 6.20. The molecule has 1 aromatic heterocycles. The van der Waals surface area contributed by atoms with Crippen LogP contribution in [0.15, 0.2) is 36.7 Å². The zero-order chi connectivity index (χ0) is 14.6. The van der Waals surface area contributed by atoms with Gasteiger partial charge in [-0.25, -0.2) is 4.98 Å². The maximum absolute atomic E-state index is 9.87. The number of hydrogen-bond acceptors (Lipinski definition) is 3. The Morgan fingerprint density at radius 1 is 1.20 bits per heavy atom. The third kappa shape index (κ3) is 2.76. The van der Waals surface area contributed by atoms with Crippen molar-refractivity contribution in [2.75, 3.05) is 13.2 Å². The Kier molecular flexibility index (Phi) is 4.57. The maximum atomic E-state index is 9.87. The predicted molar refractivity (Wildman–Crippen MR) is 78.6 cm³/mol. The van der Waals surface area contributed by atoms with Crippen LogP contribution in [-0.2, 0) is 18.9 Å². The molecule has 0 atom stereocenters. The van der Waals surface area contributed by atoms with Crippen LogP contribution in [-0.4, -0.2) is 33.0 Å². The van der Waals surface area contributed by atoms with Crippen molar-refractivity contribution >= 4 is 0 Å². The average Bonchev–Trinajstić information content (AvgIpc) is 2.87. The average molecular weight is 274 g/mol. The Morgan fingerprint density at radius 3 is 2.45 bits per heavy atom. The lowest BCUT2D eigenvalue weighted by Crippen LogP contribution is -2.36. The zero-order valence-corrected chi connectivity index (χ0v) is 12.1. The first-order valence-electron chi connectivity index (χ1n) is 6.87. The fraction of sp³-hybridized carbons (Fsp3) is 0.438. The lowest BCUT2D eigenvalue weighted by atomic mass is 9.76. The van der Waals surface area contributed by atoms with Gasteiger partial charge in [0.05, 0.1) is 13.2 Å². The lowest BCUT2D eigenvalue weighted by Gasteiger charge is -2.31. The molecule has 108 valence electrons. The summed E-state index contributed by atoms with van der Waals surface area (Å²) < 4.78 is 1.97. The van der Waals surface area contributed by atoms with E-state index in [1.807, 2.05) is 49.0 Å². The third-order valence-corrected chi connectivity index (χ3v) is 4.07. The van der Waals surface area contributed by atoms with Crippen molar-refractivity contribution in [2.24, 2.45) is 7.05 Å². The predicted octanol–water partition coefficient (Wildman–Crippen LogP) is 1.58. The largest absolute Gasteiger partial charge is 0.395 e. The van der Waals surface area contributed by atoms with Crippen molar-refractivity contribution in [3.8, 4) is 0 Å². The maximum Gasteiger partial charge on any atom is 0.108 e. The number of rotatable bonds is 6. The molecule has 0 aliphatic carbocycles. The van der Waals surface area contributed by atoms with Crippen LogP contribution in [0.25, 0.3) is 0 Å². The summed E-state index contributed by atoms with van der Waals surface area (Å²) in [5, 5.41) is 19.7. The van der Waals surface area contributed by atoms with Crippen LogP contribution in [0.1, 0.15) is 23.4 Å². The number of aliphatic hydroxyl groups is 2. The van der Waals surface area contributed by atoms with Crippen molar-refractivity contribution in [2.45, 2.75) is 25.2 Å². The fourth-order valence-electron chi connectivity index (χ4n) is 2.67. The Balaban J connectivity index is 2.26. The molecular weight excluding hydrogens is 252 g/mol. The minimum absolute atomic E-state index is 0.0707. The topological polar surface area (TPSA) is 58.3 Å². The molecule has 4 nitrogen and oxygen atoms in total. The van der Waals surface area contributed by atoms with Crippen LogP contribution < -0.4 is 0 Å². The molecule has 2 N–H and O–H groups in total. The molecule has 0 aliphatic heterocycles. The van der Waals surface area contributed by atoms with Gasteiger partial charge in [0.1, 0.15) is 5.82 Å². The quantitative estimate of drug-likeness (QED) is 0.841. The molecule has 0 spiro atoms. The van der Waals surface area contributed by atoms with Gasteiger partial charge in [-0.1, -0.05) is 24.3 Å². The van der Waals surface area contributed by atoms with Gasteiger partial charge in [-0.05, 0) is 24.5 Å². The van der Waals surface area contributed by atoms with Gasteiger partial charge in [0, 0.05) is 31.3 Å². The fourth-order valence-corrected chi connectivity index (χ4v) is 2.67. The molecule has 1 aromatic carbocycles. The van der Waals surface area contributed by atoms with E-state index in [1.165, 1.54) is 0 Å². The van der Waals surface area contributed by atoms with Gasteiger partial charge in [-0.3, -0.25) is 0 Å². The molecule has 0 saturated heterocycles. The van der Waals surface area contributed by atoms with Crippen molar-refractivity contribution in [1.29, 1.82) is 0 Å². The third-order valence-electron chi connectivity index (χ3n) is 4.07. The molecule has 0 unspecified atom stereocenters. The summed E-state index contributed by atoms with van der Waals surface area (Å²) in [6, 6.07) is 7.91. The number of imidazole rings is 1. The number of aryl methyl sites for hydroxylation is 3. The Labute approximate surface area is 119 Å². The normalized spacial score (nSPS) is 11.8. The van der Waals surface area contributed by atoms with E-state index >= 15 is 0 Å². The number of nitrogens with zero attached hydrogens (tertiary/aromatic N) is 2. The van der Waals surface area contributed by atoms with Gasteiger partial charge in [-0.2, -0.15) is 0 Å². The number of aromatic nitrogens is 2. The molecule has 2 rings (SSSR count). The number of aliphatic hydroxyl groups excluding tert-OH is 2. The van der Waals surface area contributed by atoms with E-state index in [-0.39, 0.29) is 13.2 Å². The minimum Gasteiger partial charge on any atom is -0.395 e. The zero-order valence-electron chi connectivity index (χ0n) is 12.1. The highest BCUT2D eigenvalue weighted by molar-refractivity contribution is 5.34. The summed E-state index contributed by atoms with van der Waals surface area (Å²) in [5.41, 5.74) is 1.49. The van der Waals surface area contributed by atoms with Gasteiger partial charge in [-0.15, -0.1) is 0 Å². The highest BCUT2D eigenvalue weighted by Crippen LogP contribution is 2.31. The smallest absolute Gasteiger partial charge is 0.108 e. The Hall–Kier alpha value is -1.65. The first-order chi connectivity index (χ1) is 9.63. The summed E-state index contributed by atoms with van der Waals surface area (Å²) in [5.74, 6) is 0.963. The summed E-state index contributed by atoms with van der Waals surface area (Å²) in [6.07, 6.45) is 5.06. The van der Waals surface area contributed by atoms with Crippen LogP contribution >= 0.6 is 0 Å². The SMILES string of the molecule is Cc1ccccc1C(CO)(CO)CCc1nccn1C. The highest BCUT2D eigenvalue weighted by Gasteiger charge is 2.32. The van der Waals surface area contributed by atoms with Crippen molar-refractivity contribution in [3.63, 3.8) is 0 Å². The van der Waals surface area contributed by atoms with Crippen LogP contribution in [0.2, 0.25) is 0 Å². The summed E-state index contributed by atoms with van der Waals surface area (Å²) in [6.45, 7) is 1.87. The van der Waals surface area contributed by atoms with E-state index in [0.717, 1.165) is 23.4 Å². The Morgan fingerprint density at radius 2 is 1.90 bits per heavy atom. The van der Waals surface area contributed by atoms with E-state index in [2.05, 4.69) is 4.98 Å². The van der Waals surface area contributed by atoms with E-state index < -0.39 is 5.41 Å². The standard InChI is InChI=1S/C16H22N2O2/c1-13-5-3-4-6-14(13)16(11-19,12-20)8-7-15-17-9-10-18(15)2/h3-6,9-10,19-20H,7-8,11-12H2,1-2H3. The van der Waals surface area contributed by atoms with E-state index in [0.29, 0.717) is 6.42 Å². The van der Waals surface area contributed by atoms with Gasteiger partial charge < -0.3 is 14.8 Å². The summed E-state index contributed by atoms with van der Waals surface area (Å²) >= 11 is 0. The molecule has 2 aromatic rings. The van der Waals surface area contributed by atoms with Gasteiger partial charge >= 0.3 is 0 Å². The summed E-state index contributed by atoms with van der Waals surface area (Å²) in [4.78, 5) is 4.30. The van der Waals surface area contributed by atoms with E-state index in [4.69, 9.17) is 0 Å². The monoisotopic (exact) mass is 274 g/mol.